The van der Waals surface area contributed by atoms with E-state index in [2.05, 4.69) is 76.7 Å². The Kier molecular flexibility index (Phi) is 14.3. The molecule has 0 aromatic rings. The summed E-state index contributed by atoms with van der Waals surface area (Å²) >= 11 is 0. The van der Waals surface area contributed by atoms with Gasteiger partial charge in [-0.3, -0.25) is 0 Å². The van der Waals surface area contributed by atoms with E-state index < -0.39 is 17.1 Å². The Bertz CT molecular complexity index is 673. The van der Waals surface area contributed by atoms with Crippen molar-refractivity contribution in [2.24, 2.45) is 0 Å². The quantitative estimate of drug-likeness (QED) is 0.171. The fourth-order valence-electron chi connectivity index (χ4n) is 4.81. The number of rotatable bonds is 12. The first kappa shape index (κ1) is 34.9. The molecule has 1 heterocycles. The first-order chi connectivity index (χ1) is 17.6. The van der Waals surface area contributed by atoms with E-state index in [0.29, 0.717) is 26.2 Å². The maximum absolute atomic E-state index is 12.1. The first-order valence-electron chi connectivity index (χ1n) is 14.7. The van der Waals surface area contributed by atoms with Crippen LogP contribution in [-0.4, -0.2) is 67.6 Å². The molecule has 1 aliphatic rings. The second-order valence-corrected chi connectivity index (χ2v) is 21.1. The van der Waals surface area contributed by atoms with Gasteiger partial charge in [-0.25, -0.2) is 9.59 Å². The summed E-state index contributed by atoms with van der Waals surface area (Å²) in [5.41, 5.74) is 0. The predicted molar refractivity (Wildman–Crippen MR) is 160 cm³/mol. The van der Waals surface area contributed by atoms with Crippen LogP contribution < -0.4 is 21.3 Å². The van der Waals surface area contributed by atoms with Gasteiger partial charge < -0.3 is 34.2 Å². The normalized spacial score (nSPS) is 26.7. The Morgan fingerprint density at radius 1 is 0.684 bits per heavy atom. The van der Waals surface area contributed by atoms with E-state index in [4.69, 9.17) is 13.0 Å². The molecule has 0 aromatic heterocycles. The van der Waals surface area contributed by atoms with E-state index in [1.54, 1.807) is 0 Å². The third-order valence-electron chi connectivity index (χ3n) is 7.07. The minimum Gasteiger partial charge on any atom is -0.414 e. The summed E-state index contributed by atoms with van der Waals surface area (Å²) in [7, 11) is -5.67. The fraction of sp³-hybridized carbons (Fsp3) is 0.926. The maximum Gasteiger partial charge on any atom is 0.335 e. The van der Waals surface area contributed by atoms with Gasteiger partial charge in [0.05, 0.1) is 0 Å². The van der Waals surface area contributed by atoms with E-state index >= 15 is 0 Å². The molecule has 4 unspecified atom stereocenters. The lowest BCUT2D eigenvalue weighted by Gasteiger charge is -2.54. The van der Waals surface area contributed by atoms with E-state index in [1.807, 2.05) is 13.8 Å². The molecular weight excluding hydrogens is 516 g/mol. The Labute approximate surface area is 234 Å². The van der Waals surface area contributed by atoms with Crippen molar-refractivity contribution in [1.29, 1.82) is 0 Å². The number of urea groups is 2. The zero-order valence-electron chi connectivity index (χ0n) is 26.0. The number of hydrogen-bond acceptors (Lipinski definition) is 5. The van der Waals surface area contributed by atoms with Gasteiger partial charge in [0.1, 0.15) is 0 Å². The smallest absolute Gasteiger partial charge is 0.335 e. The monoisotopic (exact) mass is 574 g/mol. The lowest BCUT2D eigenvalue weighted by Crippen LogP contribution is -2.66. The molecule has 224 valence electrons. The minimum atomic E-state index is -2.84. The Balaban J connectivity index is 3.18. The molecule has 0 bridgehead atoms. The molecule has 0 aliphatic carbocycles. The van der Waals surface area contributed by atoms with Crippen LogP contribution >= 0.6 is 0 Å². The lowest BCUT2D eigenvalue weighted by molar-refractivity contribution is 0.0359. The van der Waals surface area contributed by atoms with Crippen LogP contribution in [0.5, 0.6) is 0 Å². The van der Waals surface area contributed by atoms with E-state index in [-0.39, 0.29) is 34.3 Å². The van der Waals surface area contributed by atoms with Gasteiger partial charge in [0.15, 0.2) is 0 Å². The largest absolute Gasteiger partial charge is 0.414 e. The second-order valence-electron chi connectivity index (χ2n) is 12.8. The van der Waals surface area contributed by atoms with Gasteiger partial charge in [-0.05, 0) is 58.0 Å². The van der Waals surface area contributed by atoms with Crippen LogP contribution in [0.4, 0.5) is 9.59 Å². The lowest BCUT2D eigenvalue weighted by atomic mass is 10.2. The molecule has 1 aliphatic heterocycles. The standard InChI is InChI=1S/C27H58N4O5Si2/c1-11-15-28-24(32)30-17-13-19-37(26(5,6)7)34-22(3)21-23(4)35-38(36-37,27(8,9)10)20-14-18-31-25(33)29-16-12-2/h22-23H,11-21H2,1-10H3,(H2,28,30,32)(H2,29,31,33). The van der Waals surface area contributed by atoms with Crippen LogP contribution in [0, 0.1) is 0 Å². The third-order valence-corrected chi connectivity index (χ3v) is 17.9. The van der Waals surface area contributed by atoms with Crippen LogP contribution in [0.3, 0.4) is 0 Å². The zero-order chi connectivity index (χ0) is 29.0. The molecule has 0 saturated carbocycles. The van der Waals surface area contributed by atoms with Crippen LogP contribution in [0.25, 0.3) is 0 Å². The van der Waals surface area contributed by atoms with Crippen molar-refractivity contribution in [2.75, 3.05) is 26.2 Å². The molecule has 0 aromatic carbocycles. The maximum atomic E-state index is 12.1. The Morgan fingerprint density at radius 3 is 1.34 bits per heavy atom. The molecule has 38 heavy (non-hydrogen) atoms. The topological polar surface area (TPSA) is 110 Å². The predicted octanol–water partition coefficient (Wildman–Crippen LogP) is 5.90. The summed E-state index contributed by atoms with van der Waals surface area (Å²) in [5, 5.41) is 11.3. The minimum absolute atomic E-state index is 0.0209. The second kappa shape index (κ2) is 15.6. The molecule has 1 saturated heterocycles. The van der Waals surface area contributed by atoms with Gasteiger partial charge >= 0.3 is 29.2 Å². The van der Waals surface area contributed by atoms with Crippen molar-refractivity contribution < 1.29 is 22.6 Å². The molecule has 0 spiro atoms. The number of hydrogen-bond donors (Lipinski definition) is 4. The highest BCUT2D eigenvalue weighted by Gasteiger charge is 2.61. The SMILES string of the molecule is CCCNC(=O)NCCC[Si]1(C(C)(C)C)OC(C)CC(C)O[Si](CCCNC(=O)NCCC)(C(C)(C)C)O1. The summed E-state index contributed by atoms with van der Waals surface area (Å²) in [6.07, 6.45) is 4.22. The summed E-state index contributed by atoms with van der Waals surface area (Å²) in [5.74, 6) is 0. The van der Waals surface area contributed by atoms with Crippen LogP contribution in [0.2, 0.25) is 22.2 Å². The molecule has 0 radical (unpaired) electrons. The van der Waals surface area contributed by atoms with Gasteiger partial charge in [0.25, 0.3) is 0 Å². The van der Waals surface area contributed by atoms with Gasteiger partial charge in [0, 0.05) is 48.5 Å². The molecular formula is C27H58N4O5Si2. The van der Waals surface area contributed by atoms with Crippen molar-refractivity contribution in [2.45, 2.75) is 136 Å². The summed E-state index contributed by atoms with van der Waals surface area (Å²) < 4.78 is 21.4. The van der Waals surface area contributed by atoms with Gasteiger partial charge in [0.2, 0.25) is 0 Å². The van der Waals surface area contributed by atoms with Crippen LogP contribution in [0.1, 0.15) is 101 Å². The van der Waals surface area contributed by atoms with Gasteiger partial charge in [-0.1, -0.05) is 55.4 Å². The van der Waals surface area contributed by atoms with Crippen molar-refractivity contribution in [3.8, 4) is 0 Å². The summed E-state index contributed by atoms with van der Waals surface area (Å²) in [6.45, 7) is 24.1. The highest BCUT2D eigenvalue weighted by Crippen LogP contribution is 2.51. The van der Waals surface area contributed by atoms with Gasteiger partial charge in [-0.2, -0.15) is 0 Å². The van der Waals surface area contributed by atoms with Crippen molar-refractivity contribution in [3.05, 3.63) is 0 Å². The molecule has 9 nitrogen and oxygen atoms in total. The van der Waals surface area contributed by atoms with Crippen LogP contribution in [0.15, 0.2) is 0 Å². The molecule has 4 atom stereocenters. The highest BCUT2D eigenvalue weighted by atomic mass is 28.5. The van der Waals surface area contributed by atoms with Crippen molar-refractivity contribution in [1.82, 2.24) is 21.3 Å². The average molecular weight is 575 g/mol. The first-order valence-corrected chi connectivity index (χ1v) is 18.8. The van der Waals surface area contributed by atoms with E-state index in [1.165, 1.54) is 0 Å². The fourth-order valence-corrected chi connectivity index (χ4v) is 15.8. The van der Waals surface area contributed by atoms with Gasteiger partial charge in [-0.15, -0.1) is 0 Å². The van der Waals surface area contributed by atoms with E-state index in [9.17, 15) is 9.59 Å². The summed E-state index contributed by atoms with van der Waals surface area (Å²) in [4.78, 5) is 24.2. The molecule has 4 N–H and O–H groups in total. The molecule has 11 heteroatoms. The van der Waals surface area contributed by atoms with Crippen molar-refractivity contribution in [3.63, 3.8) is 0 Å². The Hall–Kier alpha value is -1.15. The average Bonchev–Trinajstić information content (AvgIpc) is 2.78. The van der Waals surface area contributed by atoms with E-state index in [0.717, 1.165) is 44.2 Å². The highest BCUT2D eigenvalue weighted by molar-refractivity contribution is 6.84. The summed E-state index contributed by atoms with van der Waals surface area (Å²) in [6, 6.07) is 1.29. The molecule has 1 rings (SSSR count). The number of nitrogens with one attached hydrogen (secondary N) is 4. The Morgan fingerprint density at radius 2 is 1.03 bits per heavy atom. The third kappa shape index (κ3) is 10.8. The molecule has 4 amide bonds. The zero-order valence-corrected chi connectivity index (χ0v) is 28.0. The molecule has 1 fully saturated rings. The van der Waals surface area contributed by atoms with Crippen molar-refractivity contribution >= 4 is 29.2 Å². The number of carbonyl (C=O) groups is 2. The number of carbonyl (C=O) groups excluding carboxylic acids is 2. The number of amides is 4. The van der Waals surface area contributed by atoms with Crippen LogP contribution in [-0.2, 0) is 13.0 Å².